The molecule has 2 aromatic rings. The molecular formula is C23H28N2O4. The van der Waals surface area contributed by atoms with E-state index in [1.54, 1.807) is 19.9 Å². The fourth-order valence-corrected chi connectivity index (χ4v) is 3.62. The van der Waals surface area contributed by atoms with E-state index in [0.29, 0.717) is 12.0 Å². The first-order chi connectivity index (χ1) is 13.7. The van der Waals surface area contributed by atoms with Crippen LogP contribution in [0.15, 0.2) is 42.5 Å². The van der Waals surface area contributed by atoms with Gasteiger partial charge >= 0.3 is 0 Å². The molecule has 154 valence electrons. The molecule has 3 rings (SSSR count). The van der Waals surface area contributed by atoms with Crippen LogP contribution in [0.25, 0.3) is 10.8 Å². The van der Waals surface area contributed by atoms with Crippen LogP contribution >= 0.6 is 0 Å². The summed E-state index contributed by atoms with van der Waals surface area (Å²) in [6.45, 7) is 7.38. The highest BCUT2D eigenvalue weighted by molar-refractivity contribution is 6.08. The van der Waals surface area contributed by atoms with Gasteiger partial charge in [0, 0.05) is 5.56 Å². The largest absolute Gasteiger partial charge is 0.368 e. The highest BCUT2D eigenvalue weighted by atomic mass is 16.5. The van der Waals surface area contributed by atoms with E-state index in [9.17, 15) is 14.4 Å². The Labute approximate surface area is 171 Å². The lowest BCUT2D eigenvalue weighted by molar-refractivity contribution is -0.130. The number of ether oxygens (including phenoxy) is 1. The molecule has 6 nitrogen and oxygen atoms in total. The van der Waals surface area contributed by atoms with Crippen LogP contribution in [0, 0.1) is 5.92 Å². The van der Waals surface area contributed by atoms with Gasteiger partial charge in [-0.05, 0) is 43.0 Å². The van der Waals surface area contributed by atoms with Crippen molar-refractivity contribution in [3.63, 3.8) is 0 Å². The minimum atomic E-state index is -1.09. The van der Waals surface area contributed by atoms with E-state index < -0.39 is 17.7 Å². The Kier molecular flexibility index (Phi) is 6.03. The zero-order chi connectivity index (χ0) is 21.2. The van der Waals surface area contributed by atoms with E-state index in [1.165, 1.54) is 0 Å². The van der Waals surface area contributed by atoms with Crippen molar-refractivity contribution in [2.45, 2.75) is 51.8 Å². The minimum Gasteiger partial charge on any atom is -0.368 e. The number of Topliss-reactive ketones (excluding diaryl/α,β-unsaturated/α-hetero) is 1. The lowest BCUT2D eigenvalue weighted by Gasteiger charge is -2.30. The van der Waals surface area contributed by atoms with Crippen molar-refractivity contribution in [2.24, 2.45) is 5.92 Å². The number of amides is 2. The molecule has 0 spiro atoms. The second kappa shape index (κ2) is 8.33. The normalized spacial score (nSPS) is 22.7. The van der Waals surface area contributed by atoms with Crippen molar-refractivity contribution in [3.8, 4) is 0 Å². The number of hydrogen-bond donors (Lipinski definition) is 2. The molecule has 3 unspecified atom stereocenters. The topological polar surface area (TPSA) is 84.5 Å². The molecule has 1 heterocycles. The van der Waals surface area contributed by atoms with Crippen molar-refractivity contribution in [1.82, 2.24) is 10.6 Å². The third kappa shape index (κ3) is 4.32. The minimum absolute atomic E-state index is 0.0187. The predicted octanol–water partition coefficient (Wildman–Crippen LogP) is 2.85. The number of carbonyl (C=O) groups excluding carboxylic acids is 3. The van der Waals surface area contributed by atoms with Gasteiger partial charge in [0.1, 0.15) is 18.2 Å². The second-order valence-corrected chi connectivity index (χ2v) is 8.25. The molecule has 0 saturated carbocycles. The van der Waals surface area contributed by atoms with Crippen molar-refractivity contribution < 1.29 is 19.1 Å². The van der Waals surface area contributed by atoms with E-state index in [0.717, 1.165) is 10.8 Å². The molecule has 0 bridgehead atoms. The van der Waals surface area contributed by atoms with Gasteiger partial charge in [0.25, 0.3) is 5.91 Å². The van der Waals surface area contributed by atoms with Gasteiger partial charge in [-0.1, -0.05) is 50.2 Å². The molecule has 0 aliphatic carbocycles. The number of nitrogens with one attached hydrogen (secondary N) is 2. The highest BCUT2D eigenvalue weighted by Crippen LogP contribution is 2.23. The number of rotatable bonds is 6. The Bertz CT molecular complexity index is 934. The maximum Gasteiger partial charge on any atom is 0.252 e. The summed E-state index contributed by atoms with van der Waals surface area (Å²) in [7, 11) is 0. The molecule has 2 amide bonds. The predicted molar refractivity (Wildman–Crippen MR) is 112 cm³/mol. The van der Waals surface area contributed by atoms with Crippen LogP contribution in [0.2, 0.25) is 0 Å². The highest BCUT2D eigenvalue weighted by Gasteiger charge is 2.47. The van der Waals surface area contributed by atoms with Crippen molar-refractivity contribution in [2.75, 3.05) is 6.61 Å². The van der Waals surface area contributed by atoms with Crippen LogP contribution in [-0.4, -0.2) is 41.9 Å². The van der Waals surface area contributed by atoms with Gasteiger partial charge in [0.05, 0.1) is 6.10 Å². The van der Waals surface area contributed by atoms with E-state index in [-0.39, 0.29) is 30.1 Å². The summed E-state index contributed by atoms with van der Waals surface area (Å²) in [4.78, 5) is 38.3. The van der Waals surface area contributed by atoms with Crippen LogP contribution in [0.5, 0.6) is 0 Å². The maximum absolute atomic E-state index is 13.0. The third-order valence-electron chi connectivity index (χ3n) is 5.60. The molecule has 0 radical (unpaired) electrons. The molecule has 2 aromatic carbocycles. The van der Waals surface area contributed by atoms with E-state index >= 15 is 0 Å². The van der Waals surface area contributed by atoms with Crippen molar-refractivity contribution in [3.05, 3.63) is 48.0 Å². The molecule has 0 aromatic heterocycles. The van der Waals surface area contributed by atoms with Gasteiger partial charge in [-0.2, -0.15) is 0 Å². The summed E-state index contributed by atoms with van der Waals surface area (Å²) in [5, 5.41) is 7.49. The lowest BCUT2D eigenvalue weighted by atomic mass is 9.92. The lowest BCUT2D eigenvalue weighted by Crippen LogP contribution is -2.60. The average Bonchev–Trinajstić information content (AvgIpc) is 2.93. The summed E-state index contributed by atoms with van der Waals surface area (Å²) in [5.41, 5.74) is -0.569. The molecule has 3 atom stereocenters. The first kappa shape index (κ1) is 21.0. The second-order valence-electron chi connectivity index (χ2n) is 8.25. The number of hydrogen-bond acceptors (Lipinski definition) is 4. The monoisotopic (exact) mass is 396 g/mol. The maximum atomic E-state index is 13.0. The zero-order valence-corrected chi connectivity index (χ0v) is 17.3. The summed E-state index contributed by atoms with van der Waals surface area (Å²) in [6.07, 6.45) is 0.0365. The van der Waals surface area contributed by atoms with Gasteiger partial charge in [-0.25, -0.2) is 0 Å². The molecule has 6 heteroatoms. The fourth-order valence-electron chi connectivity index (χ4n) is 3.62. The zero-order valence-electron chi connectivity index (χ0n) is 17.3. The SMILES string of the molecule is CC(C)CC(NC(=O)c1cccc2ccccc12)C(=O)NC1(C)C(=O)COC1C. The smallest absolute Gasteiger partial charge is 0.252 e. The van der Waals surface area contributed by atoms with Crippen LogP contribution in [0.1, 0.15) is 44.5 Å². The van der Waals surface area contributed by atoms with E-state index in [1.807, 2.05) is 50.2 Å². The molecule has 29 heavy (non-hydrogen) atoms. The molecule has 1 aliphatic heterocycles. The number of fused-ring (bicyclic) bond motifs is 1. The first-order valence-corrected chi connectivity index (χ1v) is 9.98. The van der Waals surface area contributed by atoms with Crippen molar-refractivity contribution in [1.29, 1.82) is 0 Å². The Hall–Kier alpha value is -2.73. The fraction of sp³-hybridized carbons (Fsp3) is 0.435. The van der Waals surface area contributed by atoms with Crippen LogP contribution in [-0.2, 0) is 14.3 Å². The first-order valence-electron chi connectivity index (χ1n) is 9.98. The van der Waals surface area contributed by atoms with Crippen LogP contribution < -0.4 is 10.6 Å². The Morgan fingerprint density at radius 1 is 1.17 bits per heavy atom. The summed E-state index contributed by atoms with van der Waals surface area (Å²) < 4.78 is 5.39. The van der Waals surface area contributed by atoms with Crippen molar-refractivity contribution >= 4 is 28.4 Å². The van der Waals surface area contributed by atoms with Gasteiger partial charge < -0.3 is 15.4 Å². The standard InChI is InChI=1S/C23H28N2O4/c1-14(2)12-19(22(28)25-23(4)15(3)29-13-20(23)26)24-21(27)18-11-7-9-16-8-5-6-10-17(16)18/h5-11,14-15,19H,12-13H2,1-4H3,(H,24,27)(H,25,28). The van der Waals surface area contributed by atoms with Crippen LogP contribution in [0.4, 0.5) is 0 Å². The quantitative estimate of drug-likeness (QED) is 0.786. The Balaban J connectivity index is 1.82. The average molecular weight is 396 g/mol. The molecule has 1 fully saturated rings. The molecular weight excluding hydrogens is 368 g/mol. The number of carbonyl (C=O) groups is 3. The molecule has 1 aliphatic rings. The number of ketones is 1. The van der Waals surface area contributed by atoms with Gasteiger partial charge in [0.2, 0.25) is 5.91 Å². The van der Waals surface area contributed by atoms with E-state index in [4.69, 9.17) is 4.74 Å². The van der Waals surface area contributed by atoms with E-state index in [2.05, 4.69) is 10.6 Å². The Morgan fingerprint density at radius 3 is 2.52 bits per heavy atom. The summed E-state index contributed by atoms with van der Waals surface area (Å²) >= 11 is 0. The third-order valence-corrected chi connectivity index (χ3v) is 5.60. The summed E-state index contributed by atoms with van der Waals surface area (Å²) in [6, 6.07) is 12.4. The summed E-state index contributed by atoms with van der Waals surface area (Å²) in [5.74, 6) is -0.670. The molecule has 1 saturated heterocycles. The van der Waals surface area contributed by atoms with Gasteiger partial charge in [-0.3, -0.25) is 14.4 Å². The van der Waals surface area contributed by atoms with Gasteiger partial charge in [0.15, 0.2) is 5.78 Å². The Morgan fingerprint density at radius 2 is 1.86 bits per heavy atom. The van der Waals surface area contributed by atoms with Crippen LogP contribution in [0.3, 0.4) is 0 Å². The number of benzene rings is 2. The molecule has 2 N–H and O–H groups in total. The van der Waals surface area contributed by atoms with Gasteiger partial charge in [-0.15, -0.1) is 0 Å².